The first-order valence-electron chi connectivity index (χ1n) is 11.9. The lowest BCUT2D eigenvalue weighted by Crippen LogP contribution is -2.11. The zero-order valence-corrected chi connectivity index (χ0v) is 18.9. The van der Waals surface area contributed by atoms with Crippen molar-refractivity contribution in [2.75, 3.05) is 0 Å². The van der Waals surface area contributed by atoms with E-state index in [-0.39, 0.29) is 7.69 Å². The molecule has 8 aromatic rings. The van der Waals surface area contributed by atoms with Crippen LogP contribution in [0.15, 0.2) is 109 Å². The van der Waals surface area contributed by atoms with Crippen molar-refractivity contribution in [1.82, 2.24) is 0 Å². The van der Waals surface area contributed by atoms with E-state index >= 15 is 0 Å². The molecular weight excluding hydrogens is 427 g/mol. The lowest BCUT2D eigenvalue weighted by Gasteiger charge is -2.16. The van der Waals surface area contributed by atoms with Crippen molar-refractivity contribution in [2.24, 2.45) is 0 Å². The maximum Gasteiger partial charge on any atom is 0.576 e. The first-order chi connectivity index (χ1) is 17.3. The lowest BCUT2D eigenvalue weighted by atomic mass is 9.94. The smallest absolute Gasteiger partial charge is 0.528 e. The van der Waals surface area contributed by atoms with E-state index in [0.717, 1.165) is 22.3 Å². The van der Waals surface area contributed by atoms with Crippen molar-refractivity contribution < 1.29 is 9.31 Å². The molecule has 0 unspecified atom stereocenters. The molecule has 0 aliphatic rings. The molecule has 8 aromatic carbocycles. The van der Waals surface area contributed by atoms with E-state index in [0.29, 0.717) is 0 Å². The minimum absolute atomic E-state index is 0.147. The molecular formula is C32H19BO2. The second-order valence-corrected chi connectivity index (χ2v) is 9.25. The van der Waals surface area contributed by atoms with Crippen LogP contribution in [0.3, 0.4) is 0 Å². The highest BCUT2D eigenvalue weighted by Gasteiger charge is 2.14. The molecule has 2 nitrogen and oxygen atoms in total. The molecule has 0 atom stereocenters. The van der Waals surface area contributed by atoms with Gasteiger partial charge in [0, 0.05) is 21.5 Å². The predicted molar refractivity (Wildman–Crippen MR) is 149 cm³/mol. The Morgan fingerprint density at radius 1 is 0.343 bits per heavy atom. The Morgan fingerprint density at radius 2 is 0.686 bits per heavy atom. The standard InChI is InChI=1S/C32H19BO2/c1-3-19-7-9-23-13-17-27(25-15-11-21(5-1)29(19)31(23)25)34-33-35-28-18-14-24-10-8-20-4-2-6-22-12-16-26(28)32(24)30(20)22/h1-18,33H. The summed E-state index contributed by atoms with van der Waals surface area (Å²) in [5, 5.41) is 14.8. The fourth-order valence-electron chi connectivity index (χ4n) is 5.83. The van der Waals surface area contributed by atoms with Crippen molar-refractivity contribution in [2.45, 2.75) is 0 Å². The Bertz CT molecular complexity index is 1860. The third-order valence-electron chi connectivity index (χ3n) is 7.41. The maximum absolute atomic E-state index is 6.24. The molecule has 0 saturated heterocycles. The monoisotopic (exact) mass is 446 g/mol. The minimum atomic E-state index is 0.147. The van der Waals surface area contributed by atoms with Gasteiger partial charge in [-0.1, -0.05) is 97.1 Å². The lowest BCUT2D eigenvalue weighted by molar-refractivity contribution is 0.465. The molecule has 0 spiro atoms. The number of hydrogen-bond acceptors (Lipinski definition) is 2. The van der Waals surface area contributed by atoms with Gasteiger partial charge in [0.25, 0.3) is 0 Å². The summed E-state index contributed by atoms with van der Waals surface area (Å²) < 4.78 is 12.5. The van der Waals surface area contributed by atoms with Gasteiger partial charge in [0.1, 0.15) is 11.5 Å². The van der Waals surface area contributed by atoms with Gasteiger partial charge in [0.2, 0.25) is 0 Å². The molecule has 8 rings (SSSR count). The van der Waals surface area contributed by atoms with Crippen LogP contribution in [0.25, 0.3) is 64.6 Å². The molecule has 0 bridgehead atoms. The molecule has 0 radical (unpaired) electrons. The summed E-state index contributed by atoms with van der Waals surface area (Å²) in [5.74, 6) is 1.68. The Balaban J connectivity index is 1.19. The van der Waals surface area contributed by atoms with Gasteiger partial charge in [-0.15, -0.1) is 0 Å². The van der Waals surface area contributed by atoms with Crippen LogP contribution in [0.5, 0.6) is 11.5 Å². The Hall–Kier alpha value is -4.50. The zero-order valence-electron chi connectivity index (χ0n) is 18.9. The van der Waals surface area contributed by atoms with Gasteiger partial charge in [0.05, 0.1) is 0 Å². The predicted octanol–water partition coefficient (Wildman–Crippen LogP) is 8.21. The summed E-state index contributed by atoms with van der Waals surface area (Å²) in [6.45, 7) is 0. The third kappa shape index (κ3) is 2.67. The summed E-state index contributed by atoms with van der Waals surface area (Å²) in [4.78, 5) is 0. The van der Waals surface area contributed by atoms with Crippen molar-refractivity contribution in [3.8, 4) is 11.5 Å². The second kappa shape index (κ2) is 7.00. The van der Waals surface area contributed by atoms with Gasteiger partial charge in [-0.3, -0.25) is 0 Å². The van der Waals surface area contributed by atoms with Crippen LogP contribution in [0.2, 0.25) is 0 Å². The maximum atomic E-state index is 6.24. The summed E-state index contributed by atoms with van der Waals surface area (Å²) >= 11 is 0. The molecule has 0 aliphatic heterocycles. The first kappa shape index (κ1) is 18.9. The highest BCUT2D eigenvalue weighted by Crippen LogP contribution is 2.40. The second-order valence-electron chi connectivity index (χ2n) is 9.25. The van der Waals surface area contributed by atoms with E-state index < -0.39 is 0 Å². The molecule has 0 N–H and O–H groups in total. The van der Waals surface area contributed by atoms with E-state index in [1.165, 1.54) is 53.9 Å². The molecule has 0 aromatic heterocycles. The number of hydrogen-bond donors (Lipinski definition) is 0. The van der Waals surface area contributed by atoms with Crippen LogP contribution in [-0.4, -0.2) is 7.69 Å². The minimum Gasteiger partial charge on any atom is -0.528 e. The first-order valence-corrected chi connectivity index (χ1v) is 11.9. The summed E-state index contributed by atoms with van der Waals surface area (Å²) in [6.07, 6.45) is 0. The molecule has 0 amide bonds. The molecule has 0 heterocycles. The average Bonchev–Trinajstić information content (AvgIpc) is 2.91. The van der Waals surface area contributed by atoms with Crippen LogP contribution >= 0.6 is 0 Å². The Kier molecular flexibility index (Phi) is 3.78. The van der Waals surface area contributed by atoms with Crippen LogP contribution in [-0.2, 0) is 0 Å². The van der Waals surface area contributed by atoms with Gasteiger partial charge in [-0.25, -0.2) is 0 Å². The van der Waals surface area contributed by atoms with Crippen LogP contribution < -0.4 is 9.31 Å². The van der Waals surface area contributed by atoms with Gasteiger partial charge in [0.15, 0.2) is 0 Å². The van der Waals surface area contributed by atoms with Gasteiger partial charge >= 0.3 is 7.69 Å². The van der Waals surface area contributed by atoms with E-state index in [1.807, 2.05) is 0 Å². The molecule has 0 saturated carbocycles. The van der Waals surface area contributed by atoms with E-state index in [9.17, 15) is 0 Å². The number of rotatable bonds is 4. The SMILES string of the molecule is B(Oc1ccc2ccc3cccc4ccc1c2c34)Oc1ccc2ccc3cccc4ccc1c2c34. The van der Waals surface area contributed by atoms with E-state index in [2.05, 4.69) is 109 Å². The van der Waals surface area contributed by atoms with Crippen molar-refractivity contribution >= 4 is 72.3 Å². The fraction of sp³-hybridized carbons (Fsp3) is 0. The zero-order chi connectivity index (χ0) is 22.9. The Morgan fingerprint density at radius 3 is 1.11 bits per heavy atom. The van der Waals surface area contributed by atoms with Gasteiger partial charge in [-0.2, -0.15) is 0 Å². The third-order valence-corrected chi connectivity index (χ3v) is 7.41. The van der Waals surface area contributed by atoms with Crippen molar-refractivity contribution in [1.29, 1.82) is 0 Å². The molecule has 0 fully saturated rings. The highest BCUT2D eigenvalue weighted by atomic mass is 16.6. The topological polar surface area (TPSA) is 18.5 Å². The summed E-state index contributed by atoms with van der Waals surface area (Å²) in [6, 6.07) is 38.8. The van der Waals surface area contributed by atoms with E-state index in [4.69, 9.17) is 9.31 Å². The summed E-state index contributed by atoms with van der Waals surface area (Å²) in [5.41, 5.74) is 0. The number of benzene rings is 8. The van der Waals surface area contributed by atoms with Gasteiger partial charge in [-0.05, 0) is 55.2 Å². The highest BCUT2D eigenvalue weighted by molar-refractivity contribution is 6.28. The molecule has 162 valence electrons. The largest absolute Gasteiger partial charge is 0.576 e. The fourth-order valence-corrected chi connectivity index (χ4v) is 5.83. The summed E-state index contributed by atoms with van der Waals surface area (Å²) in [7, 11) is 0.147. The molecule has 0 aliphatic carbocycles. The van der Waals surface area contributed by atoms with Crippen molar-refractivity contribution in [3.05, 3.63) is 109 Å². The van der Waals surface area contributed by atoms with Gasteiger partial charge < -0.3 is 9.31 Å². The van der Waals surface area contributed by atoms with E-state index in [1.54, 1.807) is 0 Å². The van der Waals surface area contributed by atoms with Crippen molar-refractivity contribution in [3.63, 3.8) is 0 Å². The van der Waals surface area contributed by atoms with Crippen LogP contribution in [0, 0.1) is 0 Å². The normalized spacial score (nSPS) is 12.0. The Labute approximate surface area is 202 Å². The van der Waals surface area contributed by atoms with Crippen LogP contribution in [0.4, 0.5) is 0 Å². The quantitative estimate of drug-likeness (QED) is 0.200. The van der Waals surface area contributed by atoms with Crippen LogP contribution in [0.1, 0.15) is 0 Å². The molecule has 3 heteroatoms. The average molecular weight is 446 g/mol. The molecule has 35 heavy (non-hydrogen) atoms.